The molecule has 2 N–H and O–H groups in total. The van der Waals surface area contributed by atoms with Crippen LogP contribution < -0.4 is 5.73 Å². The van der Waals surface area contributed by atoms with Gasteiger partial charge in [0.1, 0.15) is 0 Å². The van der Waals surface area contributed by atoms with Crippen LogP contribution in [0.4, 0.5) is 0 Å². The van der Waals surface area contributed by atoms with Crippen molar-refractivity contribution in [3.63, 3.8) is 0 Å². The summed E-state index contributed by atoms with van der Waals surface area (Å²) in [6.45, 7) is 4.35. The van der Waals surface area contributed by atoms with Crippen LogP contribution in [-0.2, 0) is 0 Å². The highest BCUT2D eigenvalue weighted by Crippen LogP contribution is 2.20. The Hall–Kier alpha value is -0.720. The van der Waals surface area contributed by atoms with E-state index in [0.717, 1.165) is 12.1 Å². The zero-order valence-electron chi connectivity index (χ0n) is 6.02. The molecule has 1 heteroatoms. The standard InChI is InChI=1S/C8H13N/c1-6-3-4-8(9)5-7(6)2/h3-4,7H,5,9H2,1-2H3. The van der Waals surface area contributed by atoms with E-state index in [4.69, 9.17) is 5.73 Å². The van der Waals surface area contributed by atoms with Crippen LogP contribution in [0.2, 0.25) is 0 Å². The third kappa shape index (κ3) is 1.35. The highest BCUT2D eigenvalue weighted by atomic mass is 14.6. The summed E-state index contributed by atoms with van der Waals surface area (Å²) >= 11 is 0. The van der Waals surface area contributed by atoms with E-state index < -0.39 is 0 Å². The van der Waals surface area contributed by atoms with E-state index in [-0.39, 0.29) is 0 Å². The Morgan fingerprint density at radius 2 is 2.22 bits per heavy atom. The highest BCUT2D eigenvalue weighted by Gasteiger charge is 2.07. The molecule has 0 heterocycles. The monoisotopic (exact) mass is 123 g/mol. The lowest BCUT2D eigenvalue weighted by Gasteiger charge is -2.15. The van der Waals surface area contributed by atoms with Crippen molar-refractivity contribution >= 4 is 0 Å². The molecule has 1 nitrogen and oxygen atoms in total. The van der Waals surface area contributed by atoms with Gasteiger partial charge in [-0.1, -0.05) is 18.6 Å². The molecule has 0 saturated carbocycles. The molecule has 0 saturated heterocycles. The van der Waals surface area contributed by atoms with E-state index in [1.807, 2.05) is 6.08 Å². The van der Waals surface area contributed by atoms with Crippen molar-refractivity contribution < 1.29 is 0 Å². The van der Waals surface area contributed by atoms with Gasteiger partial charge < -0.3 is 5.73 Å². The van der Waals surface area contributed by atoms with Gasteiger partial charge in [0.25, 0.3) is 0 Å². The normalized spacial score (nSPS) is 27.1. The molecule has 0 aromatic rings. The zero-order valence-corrected chi connectivity index (χ0v) is 6.02. The van der Waals surface area contributed by atoms with E-state index in [1.165, 1.54) is 5.57 Å². The van der Waals surface area contributed by atoms with E-state index in [1.54, 1.807) is 0 Å². The smallest absolute Gasteiger partial charge is 0.00863 e. The summed E-state index contributed by atoms with van der Waals surface area (Å²) in [5.41, 5.74) is 8.05. The van der Waals surface area contributed by atoms with Crippen LogP contribution in [0, 0.1) is 5.92 Å². The molecule has 1 atom stereocenters. The topological polar surface area (TPSA) is 26.0 Å². The predicted molar refractivity (Wildman–Crippen MR) is 39.8 cm³/mol. The third-order valence-corrected chi connectivity index (χ3v) is 1.88. The quantitative estimate of drug-likeness (QED) is 0.522. The van der Waals surface area contributed by atoms with E-state index in [2.05, 4.69) is 19.9 Å². The van der Waals surface area contributed by atoms with Gasteiger partial charge in [0.2, 0.25) is 0 Å². The maximum atomic E-state index is 5.60. The maximum Gasteiger partial charge on any atom is 0.00863 e. The fraction of sp³-hybridized carbons (Fsp3) is 0.500. The lowest BCUT2D eigenvalue weighted by molar-refractivity contribution is 0.657. The summed E-state index contributed by atoms with van der Waals surface area (Å²) in [5, 5.41) is 0. The molecular weight excluding hydrogens is 110 g/mol. The van der Waals surface area contributed by atoms with Gasteiger partial charge in [-0.15, -0.1) is 0 Å². The summed E-state index contributed by atoms with van der Waals surface area (Å²) in [7, 11) is 0. The second kappa shape index (κ2) is 2.26. The first kappa shape index (κ1) is 6.40. The molecule has 0 amide bonds. The van der Waals surface area contributed by atoms with E-state index in [0.29, 0.717) is 5.92 Å². The number of rotatable bonds is 0. The van der Waals surface area contributed by atoms with Crippen molar-refractivity contribution in [3.05, 3.63) is 23.4 Å². The van der Waals surface area contributed by atoms with Crippen molar-refractivity contribution in [1.82, 2.24) is 0 Å². The van der Waals surface area contributed by atoms with Crippen LogP contribution in [0.1, 0.15) is 20.3 Å². The Labute approximate surface area is 56.2 Å². The Bertz CT molecular complexity index is 165. The number of hydrogen-bond acceptors (Lipinski definition) is 1. The van der Waals surface area contributed by atoms with Gasteiger partial charge in [-0.3, -0.25) is 0 Å². The SMILES string of the molecule is CC1=CC=C(N)CC1C. The van der Waals surface area contributed by atoms with Crippen LogP contribution in [0.15, 0.2) is 23.4 Å². The molecule has 0 aromatic heterocycles. The molecule has 0 radical (unpaired) electrons. The molecule has 0 aromatic carbocycles. The summed E-state index contributed by atoms with van der Waals surface area (Å²) in [4.78, 5) is 0. The molecule has 0 aliphatic heterocycles. The Kier molecular flexibility index (Phi) is 1.60. The van der Waals surface area contributed by atoms with E-state index >= 15 is 0 Å². The summed E-state index contributed by atoms with van der Waals surface area (Å²) < 4.78 is 0. The predicted octanol–water partition coefficient (Wildman–Crippen LogP) is 1.82. The third-order valence-electron chi connectivity index (χ3n) is 1.88. The molecule has 1 aliphatic rings. The Morgan fingerprint density at radius 3 is 2.67 bits per heavy atom. The number of allylic oxidation sites excluding steroid dienone is 4. The molecule has 1 unspecified atom stereocenters. The zero-order chi connectivity index (χ0) is 6.85. The summed E-state index contributed by atoms with van der Waals surface area (Å²) in [6.07, 6.45) is 5.13. The first-order valence-electron chi connectivity index (χ1n) is 3.33. The van der Waals surface area contributed by atoms with Crippen LogP contribution in [0.3, 0.4) is 0 Å². The molecule has 0 spiro atoms. The van der Waals surface area contributed by atoms with Crippen LogP contribution in [0.5, 0.6) is 0 Å². The van der Waals surface area contributed by atoms with Gasteiger partial charge in [-0.05, 0) is 25.3 Å². The minimum atomic E-state index is 0.648. The second-order valence-electron chi connectivity index (χ2n) is 2.76. The average molecular weight is 123 g/mol. The molecular formula is C8H13N. The Balaban J connectivity index is 2.74. The second-order valence-corrected chi connectivity index (χ2v) is 2.76. The number of hydrogen-bond donors (Lipinski definition) is 1. The van der Waals surface area contributed by atoms with Crippen LogP contribution in [-0.4, -0.2) is 0 Å². The molecule has 0 bridgehead atoms. The minimum Gasteiger partial charge on any atom is -0.402 e. The molecule has 50 valence electrons. The Morgan fingerprint density at radius 1 is 1.56 bits per heavy atom. The summed E-state index contributed by atoms with van der Waals surface area (Å²) in [6, 6.07) is 0. The fourth-order valence-corrected chi connectivity index (χ4v) is 0.985. The fourth-order valence-electron chi connectivity index (χ4n) is 0.985. The highest BCUT2D eigenvalue weighted by molar-refractivity contribution is 5.22. The molecule has 1 aliphatic carbocycles. The first-order valence-corrected chi connectivity index (χ1v) is 3.33. The molecule has 0 fully saturated rings. The van der Waals surface area contributed by atoms with Crippen molar-refractivity contribution in [1.29, 1.82) is 0 Å². The molecule has 9 heavy (non-hydrogen) atoms. The van der Waals surface area contributed by atoms with Gasteiger partial charge in [-0.25, -0.2) is 0 Å². The van der Waals surface area contributed by atoms with Gasteiger partial charge in [0, 0.05) is 5.70 Å². The van der Waals surface area contributed by atoms with Crippen molar-refractivity contribution in [2.24, 2.45) is 11.7 Å². The lowest BCUT2D eigenvalue weighted by Crippen LogP contribution is -2.08. The largest absolute Gasteiger partial charge is 0.402 e. The van der Waals surface area contributed by atoms with Gasteiger partial charge >= 0.3 is 0 Å². The maximum absolute atomic E-state index is 5.60. The van der Waals surface area contributed by atoms with Crippen LogP contribution in [0.25, 0.3) is 0 Å². The number of nitrogens with two attached hydrogens (primary N) is 1. The van der Waals surface area contributed by atoms with Gasteiger partial charge in [0.05, 0.1) is 0 Å². The van der Waals surface area contributed by atoms with Gasteiger partial charge in [-0.2, -0.15) is 0 Å². The first-order chi connectivity index (χ1) is 4.20. The molecule has 1 rings (SSSR count). The van der Waals surface area contributed by atoms with Crippen molar-refractivity contribution in [2.75, 3.05) is 0 Å². The van der Waals surface area contributed by atoms with Crippen molar-refractivity contribution in [3.8, 4) is 0 Å². The van der Waals surface area contributed by atoms with Crippen LogP contribution >= 0.6 is 0 Å². The van der Waals surface area contributed by atoms with Gasteiger partial charge in [0.15, 0.2) is 0 Å². The lowest BCUT2D eigenvalue weighted by atomic mass is 9.93. The summed E-state index contributed by atoms with van der Waals surface area (Å²) in [5.74, 6) is 0.648. The average Bonchev–Trinajstić information content (AvgIpc) is 1.80. The van der Waals surface area contributed by atoms with E-state index in [9.17, 15) is 0 Å². The minimum absolute atomic E-state index is 0.648. The van der Waals surface area contributed by atoms with Crippen molar-refractivity contribution in [2.45, 2.75) is 20.3 Å².